The van der Waals surface area contributed by atoms with Gasteiger partial charge in [0.15, 0.2) is 0 Å². The largest absolute Gasteiger partial charge is 0.495 e. The Labute approximate surface area is 148 Å². The number of hydrogen-bond donors (Lipinski definition) is 2. The third kappa shape index (κ3) is 3.77. The summed E-state index contributed by atoms with van der Waals surface area (Å²) in [5, 5.41) is 5.28. The van der Waals surface area contributed by atoms with Crippen molar-refractivity contribution in [2.24, 2.45) is 0 Å². The second-order valence-electron chi connectivity index (χ2n) is 5.31. The molecule has 2 aromatic carbocycles. The molecule has 0 saturated carbocycles. The number of anilines is 3. The Balaban J connectivity index is 1.82. The number of nitrogens with one attached hydrogen (secondary N) is 2. The summed E-state index contributed by atoms with van der Waals surface area (Å²) in [5.41, 5.74) is 0.369. The van der Waals surface area contributed by atoms with Gasteiger partial charge in [-0.1, -0.05) is 18.2 Å². The summed E-state index contributed by atoms with van der Waals surface area (Å²) in [6, 6.07) is 13.5. The number of ether oxygens (including phenoxy) is 1. The van der Waals surface area contributed by atoms with Gasteiger partial charge in [0, 0.05) is 11.8 Å². The summed E-state index contributed by atoms with van der Waals surface area (Å²) in [6.45, 7) is 0. The average Bonchev–Trinajstić information content (AvgIpc) is 2.65. The first-order valence-corrected chi connectivity index (χ1v) is 7.70. The molecule has 3 aromatic rings. The maximum absolute atomic E-state index is 13.7. The lowest BCUT2D eigenvalue weighted by molar-refractivity contribution is 0.102. The smallest absolute Gasteiger partial charge is 0.256 e. The van der Waals surface area contributed by atoms with E-state index in [-0.39, 0.29) is 5.56 Å². The molecule has 0 spiro atoms. The second-order valence-corrected chi connectivity index (χ2v) is 5.31. The fraction of sp³-hybridized carbons (Fsp3) is 0.0526. The van der Waals surface area contributed by atoms with Crippen LogP contribution in [-0.4, -0.2) is 18.0 Å². The Morgan fingerprint density at radius 1 is 1.04 bits per heavy atom. The number of halogens is 2. The first kappa shape index (κ1) is 17.3. The number of carbonyl (C=O) groups is 1. The summed E-state index contributed by atoms with van der Waals surface area (Å²) in [4.78, 5) is 16.5. The van der Waals surface area contributed by atoms with Crippen LogP contribution in [-0.2, 0) is 0 Å². The molecule has 132 valence electrons. The Kier molecular flexibility index (Phi) is 5.07. The number of amides is 1. The molecule has 2 N–H and O–H groups in total. The Bertz CT molecular complexity index is 927. The van der Waals surface area contributed by atoms with Crippen molar-refractivity contribution in [3.05, 3.63) is 78.0 Å². The quantitative estimate of drug-likeness (QED) is 0.714. The van der Waals surface area contributed by atoms with Crippen LogP contribution in [0.3, 0.4) is 0 Å². The zero-order valence-electron chi connectivity index (χ0n) is 13.8. The highest BCUT2D eigenvalue weighted by molar-refractivity contribution is 6.04. The first-order chi connectivity index (χ1) is 12.6. The van der Waals surface area contributed by atoms with Crippen molar-refractivity contribution in [3.63, 3.8) is 0 Å². The fourth-order valence-electron chi connectivity index (χ4n) is 2.33. The van der Waals surface area contributed by atoms with Gasteiger partial charge in [-0.15, -0.1) is 0 Å². The molecule has 0 aliphatic rings. The molecule has 0 bridgehead atoms. The van der Waals surface area contributed by atoms with E-state index in [9.17, 15) is 13.6 Å². The van der Waals surface area contributed by atoms with Crippen LogP contribution in [0.25, 0.3) is 0 Å². The number of rotatable bonds is 5. The molecule has 3 rings (SSSR count). The van der Waals surface area contributed by atoms with Crippen molar-refractivity contribution >= 4 is 23.1 Å². The number of aromatic nitrogens is 1. The zero-order valence-corrected chi connectivity index (χ0v) is 13.8. The first-order valence-electron chi connectivity index (χ1n) is 7.70. The van der Waals surface area contributed by atoms with Gasteiger partial charge >= 0.3 is 0 Å². The van der Waals surface area contributed by atoms with E-state index in [0.717, 1.165) is 12.1 Å². The molecule has 5 nitrogen and oxygen atoms in total. The third-order valence-electron chi connectivity index (χ3n) is 3.59. The number of carbonyl (C=O) groups excluding carboxylic acids is 1. The van der Waals surface area contributed by atoms with Crippen LogP contribution >= 0.6 is 0 Å². The molecule has 26 heavy (non-hydrogen) atoms. The summed E-state index contributed by atoms with van der Waals surface area (Å²) in [5.74, 6) is -1.35. The van der Waals surface area contributed by atoms with Crippen LogP contribution in [0, 0.1) is 11.6 Å². The van der Waals surface area contributed by atoms with Gasteiger partial charge in [-0.2, -0.15) is 0 Å². The number of methoxy groups -OCH3 is 1. The molecule has 0 aliphatic heterocycles. The Hall–Kier alpha value is -3.48. The van der Waals surface area contributed by atoms with E-state index in [1.54, 1.807) is 19.2 Å². The van der Waals surface area contributed by atoms with Gasteiger partial charge in [0.2, 0.25) is 0 Å². The molecule has 0 unspecified atom stereocenters. The van der Waals surface area contributed by atoms with Crippen LogP contribution in [0.1, 0.15) is 10.4 Å². The molecule has 0 aliphatic carbocycles. The molecule has 0 atom stereocenters. The predicted octanol–water partition coefficient (Wildman–Crippen LogP) is 4.36. The van der Waals surface area contributed by atoms with Crippen LogP contribution < -0.4 is 15.4 Å². The molecule has 1 amide bonds. The van der Waals surface area contributed by atoms with Crippen LogP contribution in [0.15, 0.2) is 60.8 Å². The highest BCUT2D eigenvalue weighted by Gasteiger charge is 2.14. The minimum Gasteiger partial charge on any atom is -0.495 e. The van der Waals surface area contributed by atoms with Crippen LogP contribution in [0.2, 0.25) is 0 Å². The topological polar surface area (TPSA) is 63.2 Å². The number of benzene rings is 2. The highest BCUT2D eigenvalue weighted by atomic mass is 19.1. The van der Waals surface area contributed by atoms with Gasteiger partial charge in [-0.3, -0.25) is 4.79 Å². The maximum Gasteiger partial charge on any atom is 0.256 e. The van der Waals surface area contributed by atoms with E-state index in [4.69, 9.17) is 4.74 Å². The molecule has 0 fully saturated rings. The summed E-state index contributed by atoms with van der Waals surface area (Å²) in [6.07, 6.45) is 1.42. The molecule has 0 radical (unpaired) electrons. The molecular weight excluding hydrogens is 340 g/mol. The lowest BCUT2D eigenvalue weighted by Crippen LogP contribution is -2.14. The van der Waals surface area contributed by atoms with Crippen LogP contribution in [0.5, 0.6) is 5.75 Å². The number of pyridine rings is 1. The summed E-state index contributed by atoms with van der Waals surface area (Å²) in [7, 11) is 1.54. The lowest BCUT2D eigenvalue weighted by Gasteiger charge is -2.11. The Morgan fingerprint density at radius 3 is 2.50 bits per heavy atom. The van der Waals surface area contributed by atoms with E-state index in [1.165, 1.54) is 24.4 Å². The second kappa shape index (κ2) is 7.60. The average molecular weight is 355 g/mol. The van der Waals surface area contributed by atoms with Gasteiger partial charge in [-0.05, 0) is 36.4 Å². The summed E-state index contributed by atoms with van der Waals surface area (Å²) < 4.78 is 32.6. The SMILES string of the molecule is COc1ccccc1Nc1cc(C(=O)Nc2c(F)cccc2F)ccn1. The van der Waals surface area contributed by atoms with Gasteiger partial charge in [0.25, 0.3) is 5.91 Å². The normalized spacial score (nSPS) is 10.3. The van der Waals surface area contributed by atoms with Crippen molar-refractivity contribution in [2.45, 2.75) is 0 Å². The van der Waals surface area contributed by atoms with Crippen molar-refractivity contribution < 1.29 is 18.3 Å². The molecule has 1 heterocycles. The van der Waals surface area contributed by atoms with E-state index in [0.29, 0.717) is 17.3 Å². The molecule has 7 heteroatoms. The van der Waals surface area contributed by atoms with E-state index >= 15 is 0 Å². The molecule has 1 aromatic heterocycles. The van der Waals surface area contributed by atoms with Gasteiger partial charge < -0.3 is 15.4 Å². The number of hydrogen-bond acceptors (Lipinski definition) is 4. The van der Waals surface area contributed by atoms with Gasteiger partial charge in [0.05, 0.1) is 12.8 Å². The van der Waals surface area contributed by atoms with Crippen molar-refractivity contribution in [3.8, 4) is 5.75 Å². The van der Waals surface area contributed by atoms with Crippen molar-refractivity contribution in [1.29, 1.82) is 0 Å². The van der Waals surface area contributed by atoms with Crippen molar-refractivity contribution in [2.75, 3.05) is 17.7 Å². The zero-order chi connectivity index (χ0) is 18.5. The highest BCUT2D eigenvalue weighted by Crippen LogP contribution is 2.26. The predicted molar refractivity (Wildman–Crippen MR) is 94.8 cm³/mol. The maximum atomic E-state index is 13.7. The van der Waals surface area contributed by atoms with Crippen LogP contribution in [0.4, 0.5) is 26.0 Å². The lowest BCUT2D eigenvalue weighted by atomic mass is 10.2. The van der Waals surface area contributed by atoms with E-state index in [2.05, 4.69) is 15.6 Å². The Morgan fingerprint density at radius 2 is 1.77 bits per heavy atom. The van der Waals surface area contributed by atoms with Gasteiger partial charge in [-0.25, -0.2) is 13.8 Å². The molecular formula is C19H15F2N3O2. The van der Waals surface area contributed by atoms with E-state index < -0.39 is 23.2 Å². The van der Waals surface area contributed by atoms with Crippen molar-refractivity contribution in [1.82, 2.24) is 4.98 Å². The minimum atomic E-state index is -0.847. The molecule has 0 saturated heterocycles. The monoisotopic (exact) mass is 355 g/mol. The fourth-order valence-corrected chi connectivity index (χ4v) is 2.33. The van der Waals surface area contributed by atoms with Gasteiger partial charge in [0.1, 0.15) is 28.9 Å². The standard InChI is InChI=1S/C19H15F2N3O2/c1-26-16-8-3-2-7-15(16)23-17-11-12(9-10-22-17)19(25)24-18-13(20)5-4-6-14(18)21/h2-11H,1H3,(H,22,23)(H,24,25). The van der Waals surface area contributed by atoms with E-state index in [1.807, 2.05) is 12.1 Å². The summed E-state index contributed by atoms with van der Waals surface area (Å²) >= 11 is 0. The number of para-hydroxylation sites is 3. The minimum absolute atomic E-state index is 0.194. The third-order valence-corrected chi connectivity index (χ3v) is 3.59. The number of nitrogens with zero attached hydrogens (tertiary/aromatic N) is 1.